The van der Waals surface area contributed by atoms with Crippen molar-refractivity contribution >= 4 is 17.5 Å². The Hall–Kier alpha value is -2.63. The maximum Gasteiger partial charge on any atom is 0.272 e. The number of rotatable bonds is 4. The van der Waals surface area contributed by atoms with Gasteiger partial charge in [0.1, 0.15) is 11.4 Å². The normalized spacial score (nSPS) is 17.2. The fraction of sp³-hybridized carbons (Fsp3) is 0.421. The number of nitrogens with zero attached hydrogens (tertiary/aromatic N) is 3. The molecule has 0 radical (unpaired) electrons. The van der Waals surface area contributed by atoms with Gasteiger partial charge in [-0.25, -0.2) is 9.97 Å². The van der Waals surface area contributed by atoms with E-state index >= 15 is 0 Å². The van der Waals surface area contributed by atoms with Gasteiger partial charge in [-0.15, -0.1) is 0 Å². The van der Waals surface area contributed by atoms with Gasteiger partial charge in [-0.3, -0.25) is 4.79 Å². The Bertz CT molecular complexity index is 746. The van der Waals surface area contributed by atoms with Crippen LogP contribution in [-0.4, -0.2) is 41.0 Å². The van der Waals surface area contributed by atoms with Crippen LogP contribution in [0.4, 0.5) is 11.6 Å². The van der Waals surface area contributed by atoms with E-state index < -0.39 is 0 Å². The fourth-order valence-corrected chi connectivity index (χ4v) is 3.07. The zero-order chi connectivity index (χ0) is 17.8. The maximum absolute atomic E-state index is 12.8. The molecule has 2 aromatic rings. The molecular formula is C19H24N4O2. The molecule has 1 aromatic heterocycles. The first kappa shape index (κ1) is 17.2. The summed E-state index contributed by atoms with van der Waals surface area (Å²) in [4.78, 5) is 23.5. The predicted molar refractivity (Wildman–Crippen MR) is 97.3 cm³/mol. The topological polar surface area (TPSA) is 67.3 Å². The number of piperidine rings is 1. The monoisotopic (exact) mass is 340 g/mol. The van der Waals surface area contributed by atoms with E-state index in [1.54, 1.807) is 13.2 Å². The lowest BCUT2D eigenvalue weighted by atomic mass is 10.00. The van der Waals surface area contributed by atoms with E-state index in [-0.39, 0.29) is 5.91 Å². The lowest BCUT2D eigenvalue weighted by molar-refractivity contribution is 0.0677. The zero-order valence-electron chi connectivity index (χ0n) is 15.0. The first-order chi connectivity index (χ1) is 12.0. The number of nitrogens with one attached hydrogen (secondary N) is 1. The molecule has 1 aliphatic rings. The number of aromatic nitrogens is 2. The largest absolute Gasteiger partial charge is 0.497 e. The van der Waals surface area contributed by atoms with E-state index in [0.717, 1.165) is 36.6 Å². The summed E-state index contributed by atoms with van der Waals surface area (Å²) in [6, 6.07) is 9.25. The van der Waals surface area contributed by atoms with Crippen molar-refractivity contribution in [2.24, 2.45) is 5.92 Å². The molecule has 0 aliphatic carbocycles. The van der Waals surface area contributed by atoms with Gasteiger partial charge in [0, 0.05) is 24.5 Å². The van der Waals surface area contributed by atoms with E-state index in [1.807, 2.05) is 36.1 Å². The number of amides is 1. The second-order valence-electron chi connectivity index (χ2n) is 6.57. The molecule has 1 amide bonds. The summed E-state index contributed by atoms with van der Waals surface area (Å²) in [5, 5.41) is 3.15. The highest BCUT2D eigenvalue weighted by Crippen LogP contribution is 2.20. The van der Waals surface area contributed by atoms with Gasteiger partial charge in [0.15, 0.2) is 0 Å². The van der Waals surface area contributed by atoms with Gasteiger partial charge in [0.25, 0.3) is 5.91 Å². The lowest BCUT2D eigenvalue weighted by Gasteiger charge is -2.30. The second kappa shape index (κ2) is 7.51. The average Bonchev–Trinajstić information content (AvgIpc) is 2.61. The van der Waals surface area contributed by atoms with Crippen LogP contribution in [0.1, 0.15) is 35.9 Å². The molecule has 3 rings (SSSR count). The van der Waals surface area contributed by atoms with Crippen molar-refractivity contribution < 1.29 is 9.53 Å². The van der Waals surface area contributed by atoms with Crippen LogP contribution in [0.3, 0.4) is 0 Å². The molecule has 1 fully saturated rings. The molecule has 1 N–H and O–H groups in total. The Morgan fingerprint density at radius 2 is 2.04 bits per heavy atom. The number of ether oxygens (including phenoxy) is 1. The van der Waals surface area contributed by atoms with Gasteiger partial charge in [-0.2, -0.15) is 0 Å². The quantitative estimate of drug-likeness (QED) is 0.924. The third kappa shape index (κ3) is 4.26. The highest BCUT2D eigenvalue weighted by atomic mass is 16.5. The first-order valence-electron chi connectivity index (χ1n) is 8.61. The minimum atomic E-state index is -0.0187. The molecular weight excluding hydrogens is 316 g/mol. The molecule has 2 heterocycles. The van der Waals surface area contributed by atoms with Crippen LogP contribution < -0.4 is 10.1 Å². The molecule has 0 saturated carbocycles. The van der Waals surface area contributed by atoms with E-state index in [0.29, 0.717) is 17.6 Å². The van der Waals surface area contributed by atoms with Crippen LogP contribution in [0.25, 0.3) is 0 Å². The van der Waals surface area contributed by atoms with Gasteiger partial charge in [0.05, 0.1) is 7.11 Å². The number of likely N-dealkylation sites (tertiary alicyclic amines) is 1. The van der Waals surface area contributed by atoms with Crippen LogP contribution >= 0.6 is 0 Å². The van der Waals surface area contributed by atoms with Gasteiger partial charge < -0.3 is 15.0 Å². The minimum Gasteiger partial charge on any atom is -0.497 e. The maximum atomic E-state index is 12.8. The molecule has 1 unspecified atom stereocenters. The minimum absolute atomic E-state index is 0.0187. The number of benzene rings is 1. The second-order valence-corrected chi connectivity index (χ2v) is 6.57. The van der Waals surface area contributed by atoms with Gasteiger partial charge in [-0.05, 0) is 56.0 Å². The van der Waals surface area contributed by atoms with Crippen LogP contribution in [0.5, 0.6) is 5.75 Å². The molecule has 6 heteroatoms. The molecule has 1 aliphatic heterocycles. The van der Waals surface area contributed by atoms with Crippen LogP contribution in [0, 0.1) is 12.8 Å². The summed E-state index contributed by atoms with van der Waals surface area (Å²) in [7, 11) is 1.63. The van der Waals surface area contributed by atoms with Crippen LogP contribution in [0.2, 0.25) is 0 Å². The average molecular weight is 340 g/mol. The number of methoxy groups -OCH3 is 1. The Labute approximate surface area is 148 Å². The Morgan fingerprint density at radius 1 is 1.28 bits per heavy atom. The zero-order valence-corrected chi connectivity index (χ0v) is 15.0. The molecule has 25 heavy (non-hydrogen) atoms. The van der Waals surface area contributed by atoms with E-state index in [4.69, 9.17) is 4.74 Å². The highest BCUT2D eigenvalue weighted by Gasteiger charge is 2.23. The summed E-state index contributed by atoms with van der Waals surface area (Å²) < 4.78 is 5.16. The first-order valence-corrected chi connectivity index (χ1v) is 8.61. The number of carbonyl (C=O) groups excluding carboxylic acids is 1. The van der Waals surface area contributed by atoms with E-state index in [1.165, 1.54) is 6.42 Å². The van der Waals surface area contributed by atoms with Crippen molar-refractivity contribution in [3.05, 3.63) is 41.7 Å². The number of anilines is 2. The van der Waals surface area contributed by atoms with E-state index in [2.05, 4.69) is 22.2 Å². The highest BCUT2D eigenvalue weighted by molar-refractivity contribution is 5.92. The van der Waals surface area contributed by atoms with Gasteiger partial charge >= 0.3 is 0 Å². The van der Waals surface area contributed by atoms with Crippen LogP contribution in [-0.2, 0) is 0 Å². The molecule has 0 spiro atoms. The summed E-state index contributed by atoms with van der Waals surface area (Å²) in [6.07, 6.45) is 2.23. The van der Waals surface area contributed by atoms with Crippen molar-refractivity contribution in [3.63, 3.8) is 0 Å². The number of hydrogen-bond acceptors (Lipinski definition) is 5. The number of hydrogen-bond donors (Lipinski definition) is 1. The van der Waals surface area contributed by atoms with Crippen molar-refractivity contribution in [1.82, 2.24) is 14.9 Å². The molecule has 132 valence electrons. The standard InChI is InChI=1S/C19H24N4O2/c1-13-5-4-10-23(12-13)18(24)17-11-14(2)20-19(22-17)21-15-6-8-16(25-3)9-7-15/h6-9,11,13H,4-5,10,12H2,1-3H3,(H,20,21,22). The lowest BCUT2D eigenvalue weighted by Crippen LogP contribution is -2.39. The molecule has 1 aromatic carbocycles. The Kier molecular flexibility index (Phi) is 5.16. The third-order valence-corrected chi connectivity index (χ3v) is 4.36. The molecule has 1 atom stereocenters. The van der Waals surface area contributed by atoms with E-state index in [9.17, 15) is 4.79 Å². The summed E-state index contributed by atoms with van der Waals surface area (Å²) in [5.41, 5.74) is 2.05. The Morgan fingerprint density at radius 3 is 2.72 bits per heavy atom. The van der Waals surface area contributed by atoms with Crippen LogP contribution in [0.15, 0.2) is 30.3 Å². The van der Waals surface area contributed by atoms with Crippen molar-refractivity contribution in [2.45, 2.75) is 26.7 Å². The molecule has 0 bridgehead atoms. The predicted octanol–water partition coefficient (Wildman–Crippen LogP) is 3.41. The van der Waals surface area contributed by atoms with Crippen molar-refractivity contribution in [1.29, 1.82) is 0 Å². The third-order valence-electron chi connectivity index (χ3n) is 4.36. The fourth-order valence-electron chi connectivity index (χ4n) is 3.07. The number of aryl methyl sites for hydroxylation is 1. The Balaban J connectivity index is 1.78. The summed E-state index contributed by atoms with van der Waals surface area (Å²) in [6.45, 7) is 5.65. The van der Waals surface area contributed by atoms with Crippen molar-refractivity contribution in [3.8, 4) is 5.75 Å². The van der Waals surface area contributed by atoms with Gasteiger partial charge in [0.2, 0.25) is 5.95 Å². The molecule has 6 nitrogen and oxygen atoms in total. The number of carbonyl (C=O) groups is 1. The van der Waals surface area contributed by atoms with Crippen molar-refractivity contribution in [2.75, 3.05) is 25.5 Å². The smallest absolute Gasteiger partial charge is 0.272 e. The summed E-state index contributed by atoms with van der Waals surface area (Å²) >= 11 is 0. The van der Waals surface area contributed by atoms with Gasteiger partial charge in [-0.1, -0.05) is 6.92 Å². The molecule has 1 saturated heterocycles. The SMILES string of the molecule is COc1ccc(Nc2nc(C)cc(C(=O)N3CCCC(C)C3)n2)cc1. The summed E-state index contributed by atoms with van der Waals surface area (Å²) in [5.74, 6) is 1.73.